The second kappa shape index (κ2) is 15.5. The minimum absolute atomic E-state index is 0.0653. The molecule has 44 heavy (non-hydrogen) atoms. The van der Waals surface area contributed by atoms with Crippen LogP contribution in [-0.2, 0) is 29.0 Å². The Kier molecular flexibility index (Phi) is 12.6. The fourth-order valence-electron chi connectivity index (χ4n) is 5.27. The van der Waals surface area contributed by atoms with Gasteiger partial charge in [0.2, 0.25) is 15.9 Å². The van der Waals surface area contributed by atoms with E-state index in [0.29, 0.717) is 51.1 Å². The highest BCUT2D eigenvalue weighted by molar-refractivity contribution is 7.88. The number of hydrogen-bond acceptors (Lipinski definition) is 9. The summed E-state index contributed by atoms with van der Waals surface area (Å²) in [6.07, 6.45) is 7.99. The van der Waals surface area contributed by atoms with Crippen molar-refractivity contribution in [1.82, 2.24) is 14.6 Å². The summed E-state index contributed by atoms with van der Waals surface area (Å²) in [5.74, 6) is 0.344. The van der Waals surface area contributed by atoms with E-state index < -0.39 is 39.4 Å². The van der Waals surface area contributed by atoms with Crippen molar-refractivity contribution in [2.75, 3.05) is 26.0 Å². The van der Waals surface area contributed by atoms with Crippen LogP contribution in [-0.4, -0.2) is 85.8 Å². The van der Waals surface area contributed by atoms with Crippen LogP contribution in [0.25, 0.3) is 5.57 Å². The zero-order chi connectivity index (χ0) is 32.5. The van der Waals surface area contributed by atoms with E-state index in [0.717, 1.165) is 36.8 Å². The largest absolute Gasteiger partial charge is 0.478 e. The first-order valence-corrected chi connectivity index (χ1v) is 17.5. The molecule has 248 valence electrons. The fourth-order valence-corrected chi connectivity index (χ4v) is 6.09. The predicted molar refractivity (Wildman–Crippen MR) is 169 cm³/mol. The molecule has 3 atom stereocenters. The van der Waals surface area contributed by atoms with E-state index in [4.69, 9.17) is 18.9 Å². The van der Waals surface area contributed by atoms with E-state index in [1.807, 2.05) is 59.7 Å². The van der Waals surface area contributed by atoms with E-state index in [1.165, 1.54) is 0 Å². The number of pyridine rings is 1. The number of nitrogens with zero attached hydrogens (tertiary/aromatic N) is 2. The standard InChI is InChI=1S/C32H51N3O8S/c1-31(2,3)42-29(36)15-8-9-21-40-28-14-10-12-25(33-28)23-16-18-24(19-17-23)41-22-27-26(34-44(7,38)39)13-11-20-35(27)30(37)43-32(4,5)6/h10,12,14,16,24,26-27,34H,8-9,11,13,15,17-22H2,1-7H3/t24-,26?,27?/m0/s1. The molecule has 1 saturated heterocycles. The lowest BCUT2D eigenvalue weighted by atomic mass is 9.94. The number of ether oxygens (including phenoxy) is 4. The Labute approximate surface area is 263 Å². The van der Waals surface area contributed by atoms with E-state index in [9.17, 15) is 18.0 Å². The van der Waals surface area contributed by atoms with Gasteiger partial charge in [0, 0.05) is 25.1 Å². The van der Waals surface area contributed by atoms with E-state index >= 15 is 0 Å². The maximum absolute atomic E-state index is 13.0. The summed E-state index contributed by atoms with van der Waals surface area (Å²) in [6.45, 7) is 12.2. The maximum atomic E-state index is 13.0. The molecule has 0 aromatic carbocycles. The van der Waals surface area contributed by atoms with Crippen molar-refractivity contribution in [3.63, 3.8) is 0 Å². The van der Waals surface area contributed by atoms with Gasteiger partial charge in [-0.15, -0.1) is 0 Å². The molecule has 0 spiro atoms. The summed E-state index contributed by atoms with van der Waals surface area (Å²) in [6, 6.07) is 4.78. The number of allylic oxidation sites excluding steroid dienone is 1. The monoisotopic (exact) mass is 637 g/mol. The molecule has 1 aliphatic heterocycles. The molecule has 2 heterocycles. The van der Waals surface area contributed by atoms with Gasteiger partial charge in [-0.05, 0) is 98.1 Å². The highest BCUT2D eigenvalue weighted by Gasteiger charge is 2.38. The number of carbonyl (C=O) groups excluding carboxylic acids is 2. The van der Waals surface area contributed by atoms with Crippen molar-refractivity contribution in [2.45, 2.75) is 122 Å². The Balaban J connectivity index is 1.53. The summed E-state index contributed by atoms with van der Waals surface area (Å²) in [4.78, 5) is 31.2. The number of amides is 1. The molecule has 1 N–H and O–H groups in total. The van der Waals surface area contributed by atoms with Crippen LogP contribution in [0.15, 0.2) is 24.3 Å². The maximum Gasteiger partial charge on any atom is 0.410 e. The van der Waals surface area contributed by atoms with Gasteiger partial charge < -0.3 is 23.8 Å². The normalized spacial score (nSPS) is 21.4. The van der Waals surface area contributed by atoms with Gasteiger partial charge in [0.1, 0.15) is 11.2 Å². The first-order chi connectivity index (χ1) is 20.5. The molecule has 12 heteroatoms. The molecular weight excluding hydrogens is 586 g/mol. The van der Waals surface area contributed by atoms with Gasteiger partial charge in [0.05, 0.1) is 37.3 Å². The Bertz CT molecular complexity index is 1250. The quantitative estimate of drug-likeness (QED) is 0.241. The van der Waals surface area contributed by atoms with Gasteiger partial charge in [-0.1, -0.05) is 12.1 Å². The van der Waals surface area contributed by atoms with Crippen LogP contribution in [0.5, 0.6) is 5.88 Å². The number of esters is 1. The number of carbonyl (C=O) groups is 2. The SMILES string of the molecule is CC(C)(C)OC(=O)CCCCOc1cccc(C2=CC[C@H](OCC3C(NS(C)(=O)=O)CCCN3C(=O)OC(C)(C)C)CC2)n1. The lowest BCUT2D eigenvalue weighted by molar-refractivity contribution is -0.154. The number of rotatable bonds is 12. The van der Waals surface area contributed by atoms with Crippen molar-refractivity contribution in [2.24, 2.45) is 0 Å². The molecule has 11 nitrogen and oxygen atoms in total. The first-order valence-electron chi connectivity index (χ1n) is 15.6. The Morgan fingerprint density at radius 1 is 1.05 bits per heavy atom. The molecule has 1 aliphatic carbocycles. The molecular formula is C32H51N3O8S. The third-order valence-electron chi connectivity index (χ3n) is 7.14. The first kappa shape index (κ1) is 35.8. The Morgan fingerprint density at radius 2 is 1.77 bits per heavy atom. The number of piperidine rings is 1. The lowest BCUT2D eigenvalue weighted by Crippen LogP contribution is -2.59. The second-order valence-corrected chi connectivity index (χ2v) is 15.4. The zero-order valence-corrected chi connectivity index (χ0v) is 28.2. The van der Waals surface area contributed by atoms with Crippen LogP contribution < -0.4 is 9.46 Å². The number of sulfonamides is 1. The molecule has 0 saturated carbocycles. The van der Waals surface area contributed by atoms with E-state index in [2.05, 4.69) is 15.8 Å². The topological polar surface area (TPSA) is 133 Å². The van der Waals surface area contributed by atoms with Crippen LogP contribution in [0.3, 0.4) is 0 Å². The molecule has 0 radical (unpaired) electrons. The fraction of sp³-hybridized carbons (Fsp3) is 0.719. The van der Waals surface area contributed by atoms with Gasteiger partial charge in [0.15, 0.2) is 0 Å². The number of hydrogen-bond donors (Lipinski definition) is 1. The number of unbranched alkanes of at least 4 members (excludes halogenated alkanes) is 1. The minimum Gasteiger partial charge on any atom is -0.478 e. The van der Waals surface area contributed by atoms with Crippen molar-refractivity contribution in [1.29, 1.82) is 0 Å². The summed E-state index contributed by atoms with van der Waals surface area (Å²) < 4.78 is 50.0. The summed E-state index contributed by atoms with van der Waals surface area (Å²) >= 11 is 0. The van der Waals surface area contributed by atoms with Crippen molar-refractivity contribution >= 4 is 27.7 Å². The van der Waals surface area contributed by atoms with Gasteiger partial charge in [-0.2, -0.15) is 0 Å². The Hall–Kier alpha value is -2.70. The molecule has 1 fully saturated rings. The molecule has 2 aliphatic rings. The summed E-state index contributed by atoms with van der Waals surface area (Å²) in [5, 5.41) is 0. The smallest absolute Gasteiger partial charge is 0.410 e. The van der Waals surface area contributed by atoms with E-state index in [1.54, 1.807) is 4.90 Å². The molecule has 2 unspecified atom stereocenters. The molecule has 3 rings (SSSR count). The average Bonchev–Trinajstić information content (AvgIpc) is 2.90. The van der Waals surface area contributed by atoms with Crippen LogP contribution in [0.1, 0.15) is 98.6 Å². The van der Waals surface area contributed by atoms with Gasteiger partial charge >= 0.3 is 12.1 Å². The number of nitrogens with one attached hydrogen (secondary N) is 1. The highest BCUT2D eigenvalue weighted by Crippen LogP contribution is 2.30. The molecule has 1 amide bonds. The summed E-state index contributed by atoms with van der Waals surface area (Å²) in [5.41, 5.74) is 0.833. The molecule has 0 bridgehead atoms. The Morgan fingerprint density at radius 3 is 2.41 bits per heavy atom. The predicted octanol–water partition coefficient (Wildman–Crippen LogP) is 5.24. The average molecular weight is 638 g/mol. The second-order valence-electron chi connectivity index (χ2n) is 13.6. The van der Waals surface area contributed by atoms with Crippen LogP contribution in [0.2, 0.25) is 0 Å². The van der Waals surface area contributed by atoms with Crippen LogP contribution in [0, 0.1) is 0 Å². The lowest BCUT2D eigenvalue weighted by Gasteiger charge is -2.42. The van der Waals surface area contributed by atoms with Crippen molar-refractivity contribution < 1.29 is 37.0 Å². The number of likely N-dealkylation sites (tertiary alicyclic amines) is 1. The van der Waals surface area contributed by atoms with Gasteiger partial charge in [0.25, 0.3) is 0 Å². The van der Waals surface area contributed by atoms with Crippen LogP contribution in [0.4, 0.5) is 4.79 Å². The van der Waals surface area contributed by atoms with Gasteiger partial charge in [-0.3, -0.25) is 4.79 Å². The highest BCUT2D eigenvalue weighted by atomic mass is 32.2. The van der Waals surface area contributed by atoms with Gasteiger partial charge in [-0.25, -0.2) is 22.9 Å². The third-order valence-corrected chi connectivity index (χ3v) is 7.87. The molecule has 1 aromatic rings. The molecule has 1 aromatic heterocycles. The van der Waals surface area contributed by atoms with Crippen molar-refractivity contribution in [3.8, 4) is 5.88 Å². The van der Waals surface area contributed by atoms with Crippen molar-refractivity contribution in [3.05, 3.63) is 30.0 Å². The third kappa shape index (κ3) is 12.7. The zero-order valence-electron chi connectivity index (χ0n) is 27.4. The minimum atomic E-state index is -3.47. The van der Waals surface area contributed by atoms with Crippen LogP contribution >= 0.6 is 0 Å². The van der Waals surface area contributed by atoms with E-state index in [-0.39, 0.29) is 18.7 Å². The summed E-state index contributed by atoms with van der Waals surface area (Å²) in [7, 11) is -3.47. The number of aromatic nitrogens is 1.